The summed E-state index contributed by atoms with van der Waals surface area (Å²) in [6, 6.07) is 17.4. The van der Waals surface area contributed by atoms with E-state index in [-0.39, 0.29) is 12.2 Å². The summed E-state index contributed by atoms with van der Waals surface area (Å²) in [7, 11) is 0. The van der Waals surface area contributed by atoms with E-state index in [9.17, 15) is 4.79 Å². The van der Waals surface area contributed by atoms with Crippen LogP contribution < -0.4 is 4.90 Å². The van der Waals surface area contributed by atoms with Crippen molar-refractivity contribution in [3.05, 3.63) is 77.5 Å². The van der Waals surface area contributed by atoms with Crippen molar-refractivity contribution in [1.29, 1.82) is 0 Å². The molecule has 0 bridgehead atoms. The van der Waals surface area contributed by atoms with Crippen molar-refractivity contribution in [3.63, 3.8) is 0 Å². The van der Waals surface area contributed by atoms with Gasteiger partial charge in [-0.15, -0.1) is 0 Å². The Kier molecular flexibility index (Phi) is 3.13. The lowest BCUT2D eigenvalue weighted by Crippen LogP contribution is -2.32. The van der Waals surface area contributed by atoms with Crippen molar-refractivity contribution in [3.8, 4) is 0 Å². The SMILES string of the molecule is O=C1N(c2cccc(Cl)c2)C(c2ccccc2)N2CC=CN12. The zero-order valence-corrected chi connectivity index (χ0v) is 12.5. The minimum absolute atomic E-state index is 0.0649. The number of rotatable bonds is 2. The van der Waals surface area contributed by atoms with Gasteiger partial charge in [-0.3, -0.25) is 4.90 Å². The van der Waals surface area contributed by atoms with Crippen molar-refractivity contribution in [2.24, 2.45) is 0 Å². The summed E-state index contributed by atoms with van der Waals surface area (Å²) in [5, 5.41) is 4.33. The average Bonchev–Trinajstić information content (AvgIpc) is 3.10. The van der Waals surface area contributed by atoms with Crippen LogP contribution in [0.4, 0.5) is 10.5 Å². The smallest absolute Gasteiger partial charge is 0.271 e. The summed E-state index contributed by atoms with van der Waals surface area (Å²) in [5.74, 6) is 0. The molecule has 1 unspecified atom stereocenters. The second-order valence-corrected chi connectivity index (χ2v) is 5.70. The Labute approximate surface area is 133 Å². The third kappa shape index (κ3) is 2.00. The lowest BCUT2D eigenvalue weighted by Gasteiger charge is -2.27. The molecule has 2 heterocycles. The Morgan fingerprint density at radius 2 is 1.86 bits per heavy atom. The number of benzene rings is 2. The van der Waals surface area contributed by atoms with Crippen molar-refractivity contribution < 1.29 is 4.79 Å². The van der Waals surface area contributed by atoms with Crippen LogP contribution in [0, 0.1) is 0 Å². The van der Waals surface area contributed by atoms with Crippen LogP contribution >= 0.6 is 11.6 Å². The van der Waals surface area contributed by atoms with Crippen LogP contribution in [0.25, 0.3) is 0 Å². The summed E-state index contributed by atoms with van der Waals surface area (Å²) in [5.41, 5.74) is 1.87. The van der Waals surface area contributed by atoms with Crippen molar-refractivity contribution in [1.82, 2.24) is 10.0 Å². The number of carbonyl (C=O) groups is 1. The van der Waals surface area contributed by atoms with Crippen molar-refractivity contribution in [2.75, 3.05) is 11.4 Å². The van der Waals surface area contributed by atoms with Gasteiger partial charge in [0.25, 0.3) is 0 Å². The molecule has 2 aromatic carbocycles. The van der Waals surface area contributed by atoms with Crippen LogP contribution in [0.15, 0.2) is 66.9 Å². The standard InChI is InChI=1S/C17H14ClN3O/c18-14-8-4-9-15(12-14)21-16(13-6-2-1-3-7-13)19-10-5-11-20(19)17(21)22/h1-9,11-12,16H,10H2. The molecule has 0 radical (unpaired) electrons. The second-order valence-electron chi connectivity index (χ2n) is 5.27. The molecule has 0 aliphatic carbocycles. The molecule has 2 aromatic rings. The maximum absolute atomic E-state index is 12.8. The topological polar surface area (TPSA) is 26.8 Å². The Morgan fingerprint density at radius 1 is 1.05 bits per heavy atom. The fourth-order valence-electron chi connectivity index (χ4n) is 2.99. The third-order valence-corrected chi connectivity index (χ3v) is 4.16. The number of carbonyl (C=O) groups excluding carboxylic acids is 1. The summed E-state index contributed by atoms with van der Waals surface area (Å²) in [6.07, 6.45) is 3.65. The largest absolute Gasteiger partial charge is 0.344 e. The molecule has 0 N–H and O–H groups in total. The highest BCUT2D eigenvalue weighted by molar-refractivity contribution is 6.30. The molecule has 2 aliphatic heterocycles. The fourth-order valence-corrected chi connectivity index (χ4v) is 3.18. The first kappa shape index (κ1) is 13.4. The zero-order chi connectivity index (χ0) is 15.1. The molecule has 2 aliphatic rings. The monoisotopic (exact) mass is 311 g/mol. The van der Waals surface area contributed by atoms with E-state index < -0.39 is 0 Å². The summed E-state index contributed by atoms with van der Waals surface area (Å²) >= 11 is 6.11. The highest BCUT2D eigenvalue weighted by atomic mass is 35.5. The predicted octanol–water partition coefficient (Wildman–Crippen LogP) is 4.03. The number of anilines is 1. The maximum atomic E-state index is 12.8. The van der Waals surface area contributed by atoms with Gasteiger partial charge in [0, 0.05) is 23.5 Å². The molecule has 110 valence electrons. The van der Waals surface area contributed by atoms with E-state index in [4.69, 9.17) is 11.6 Å². The van der Waals surface area contributed by atoms with Crippen LogP contribution in [0.5, 0.6) is 0 Å². The van der Waals surface area contributed by atoms with Gasteiger partial charge < -0.3 is 0 Å². The van der Waals surface area contributed by atoms with Gasteiger partial charge in [0.2, 0.25) is 0 Å². The molecule has 5 heteroatoms. The molecular weight excluding hydrogens is 298 g/mol. The Hall–Kier alpha value is -2.30. The second kappa shape index (κ2) is 5.16. The van der Waals surface area contributed by atoms with Gasteiger partial charge in [0.05, 0.1) is 0 Å². The van der Waals surface area contributed by atoms with Gasteiger partial charge in [0.15, 0.2) is 0 Å². The van der Waals surface area contributed by atoms with Crippen LogP contribution in [0.2, 0.25) is 5.02 Å². The molecule has 0 spiro atoms. The summed E-state index contributed by atoms with van der Waals surface area (Å²) < 4.78 is 0. The van der Waals surface area contributed by atoms with E-state index in [1.54, 1.807) is 9.91 Å². The van der Waals surface area contributed by atoms with Crippen LogP contribution in [0.3, 0.4) is 0 Å². The minimum atomic E-state index is -0.165. The van der Waals surface area contributed by atoms with Crippen LogP contribution in [-0.2, 0) is 0 Å². The molecule has 1 fully saturated rings. The number of halogens is 1. The number of nitrogens with zero attached hydrogens (tertiary/aromatic N) is 3. The number of urea groups is 1. The Morgan fingerprint density at radius 3 is 2.64 bits per heavy atom. The number of fused-ring (bicyclic) bond motifs is 1. The van der Waals surface area contributed by atoms with Gasteiger partial charge in [-0.2, -0.15) is 5.01 Å². The molecule has 4 rings (SSSR count). The van der Waals surface area contributed by atoms with Crippen LogP contribution in [-0.4, -0.2) is 22.6 Å². The van der Waals surface area contributed by atoms with Gasteiger partial charge in [0.1, 0.15) is 6.17 Å². The van der Waals surface area contributed by atoms with Crippen molar-refractivity contribution in [2.45, 2.75) is 6.17 Å². The van der Waals surface area contributed by atoms with E-state index in [1.807, 2.05) is 71.9 Å². The van der Waals surface area contributed by atoms with Gasteiger partial charge in [-0.1, -0.05) is 54.1 Å². The molecule has 22 heavy (non-hydrogen) atoms. The Bertz CT molecular complexity index is 747. The first-order valence-electron chi connectivity index (χ1n) is 7.12. The average molecular weight is 312 g/mol. The van der Waals surface area contributed by atoms with Gasteiger partial charge in [-0.05, 0) is 23.8 Å². The van der Waals surface area contributed by atoms with E-state index in [0.717, 1.165) is 11.3 Å². The predicted molar refractivity (Wildman–Crippen MR) is 86.2 cm³/mol. The molecule has 4 nitrogen and oxygen atoms in total. The molecular formula is C17H14ClN3O. The fraction of sp³-hybridized carbons (Fsp3) is 0.118. The molecule has 0 aromatic heterocycles. The normalized spacial score (nSPS) is 20.8. The number of hydrazine groups is 1. The number of hydrogen-bond acceptors (Lipinski definition) is 2. The Balaban J connectivity index is 1.83. The number of amides is 2. The van der Waals surface area contributed by atoms with Crippen molar-refractivity contribution >= 4 is 23.3 Å². The quantitative estimate of drug-likeness (QED) is 0.837. The maximum Gasteiger partial charge on any atom is 0.344 e. The van der Waals surface area contributed by atoms with E-state index >= 15 is 0 Å². The number of hydrogen-bond donors (Lipinski definition) is 0. The third-order valence-electron chi connectivity index (χ3n) is 3.93. The molecule has 0 saturated carbocycles. The summed E-state index contributed by atoms with van der Waals surface area (Å²) in [4.78, 5) is 14.6. The zero-order valence-electron chi connectivity index (χ0n) is 11.8. The molecule has 1 atom stereocenters. The first-order valence-corrected chi connectivity index (χ1v) is 7.50. The minimum Gasteiger partial charge on any atom is -0.271 e. The van der Waals surface area contributed by atoms with E-state index in [2.05, 4.69) is 0 Å². The lowest BCUT2D eigenvalue weighted by molar-refractivity contribution is 0.0913. The highest BCUT2D eigenvalue weighted by Crippen LogP contribution is 2.40. The molecule has 2 amide bonds. The highest BCUT2D eigenvalue weighted by Gasteiger charge is 2.46. The lowest BCUT2D eigenvalue weighted by atomic mass is 10.1. The molecule has 1 saturated heterocycles. The van der Waals surface area contributed by atoms with E-state index in [0.29, 0.717) is 11.6 Å². The van der Waals surface area contributed by atoms with Crippen LogP contribution in [0.1, 0.15) is 11.7 Å². The first-order chi connectivity index (χ1) is 10.8. The van der Waals surface area contributed by atoms with E-state index in [1.165, 1.54) is 0 Å². The van der Waals surface area contributed by atoms with Gasteiger partial charge >= 0.3 is 6.03 Å². The summed E-state index contributed by atoms with van der Waals surface area (Å²) in [6.45, 7) is 0.711. The van der Waals surface area contributed by atoms with Gasteiger partial charge in [-0.25, -0.2) is 9.80 Å².